The minimum Gasteiger partial charge on any atom is -0.377 e. The molecule has 0 N–H and O–H groups in total. The molecule has 0 radical (unpaired) electrons. The lowest BCUT2D eigenvalue weighted by Gasteiger charge is -2.30. The summed E-state index contributed by atoms with van der Waals surface area (Å²) in [6, 6.07) is 2.33. The third-order valence-corrected chi connectivity index (χ3v) is 15.0. The molecule has 0 aromatic carbocycles. The average molecular weight is 561 g/mol. The van der Waals surface area contributed by atoms with Crippen molar-refractivity contribution in [3.05, 3.63) is 0 Å². The molecule has 35 heavy (non-hydrogen) atoms. The van der Waals surface area contributed by atoms with Gasteiger partial charge >= 0.3 is 26.4 Å². The third kappa shape index (κ3) is 12.5. The van der Waals surface area contributed by atoms with Gasteiger partial charge in [0.05, 0.1) is 0 Å². The number of hydrogen-bond donors (Lipinski definition) is 0. The standard InChI is InChI=1S/C21H52N2O9Si3/c1-22(14-11-19-33(24-2,25-3)26-4)17-18-23(15-12-20-34(27-5,28-6)29-7)16-13-21-35(30-8,31-9)32-10/h11-21H2,1-10H3. The Hall–Kier alpha value is 0.211. The van der Waals surface area contributed by atoms with Crippen molar-refractivity contribution in [2.75, 3.05) is 104 Å². The lowest BCUT2D eigenvalue weighted by atomic mass is 10.3. The molecule has 0 rings (SSSR count). The molecule has 0 aromatic rings. The Balaban J connectivity index is 4.87. The van der Waals surface area contributed by atoms with Crippen molar-refractivity contribution < 1.29 is 39.8 Å². The molecule has 0 unspecified atom stereocenters. The second-order valence-electron chi connectivity index (χ2n) is 8.34. The minimum absolute atomic E-state index is 0.771. The van der Waals surface area contributed by atoms with E-state index in [-0.39, 0.29) is 0 Å². The Morgan fingerprint density at radius 2 is 0.686 bits per heavy atom. The van der Waals surface area contributed by atoms with Gasteiger partial charge < -0.3 is 49.6 Å². The van der Waals surface area contributed by atoms with Crippen LogP contribution in [0.2, 0.25) is 18.1 Å². The maximum atomic E-state index is 5.58. The van der Waals surface area contributed by atoms with Crippen LogP contribution in [0.3, 0.4) is 0 Å². The first-order valence-corrected chi connectivity index (χ1v) is 17.9. The van der Waals surface area contributed by atoms with E-state index in [2.05, 4.69) is 16.8 Å². The third-order valence-electron chi connectivity index (χ3n) is 6.53. The van der Waals surface area contributed by atoms with Crippen LogP contribution in [0.5, 0.6) is 0 Å². The lowest BCUT2D eigenvalue weighted by Crippen LogP contribution is -2.45. The topological polar surface area (TPSA) is 89.6 Å². The Bertz CT molecular complexity index is 464. The van der Waals surface area contributed by atoms with E-state index < -0.39 is 26.4 Å². The summed E-state index contributed by atoms with van der Waals surface area (Å²) >= 11 is 0. The molecule has 0 aromatic heterocycles. The van der Waals surface area contributed by atoms with Crippen molar-refractivity contribution >= 4 is 26.4 Å². The largest absolute Gasteiger partial charge is 0.500 e. The number of rotatable bonds is 24. The molecule has 212 valence electrons. The number of nitrogens with zero attached hydrogens (tertiary/aromatic N) is 2. The molecular weight excluding hydrogens is 508 g/mol. The summed E-state index contributed by atoms with van der Waals surface area (Å²) in [7, 11) is 9.38. The Labute approximate surface area is 217 Å². The Morgan fingerprint density at radius 3 is 0.971 bits per heavy atom. The van der Waals surface area contributed by atoms with E-state index in [1.54, 1.807) is 64.0 Å². The van der Waals surface area contributed by atoms with Crippen LogP contribution < -0.4 is 0 Å². The van der Waals surface area contributed by atoms with E-state index in [0.29, 0.717) is 0 Å². The summed E-state index contributed by atoms with van der Waals surface area (Å²) in [5.74, 6) is 0. The van der Waals surface area contributed by atoms with Gasteiger partial charge in [0.1, 0.15) is 0 Å². The summed E-state index contributed by atoms with van der Waals surface area (Å²) in [6.45, 7) is 4.68. The molecule has 0 amide bonds. The van der Waals surface area contributed by atoms with E-state index in [0.717, 1.165) is 70.1 Å². The summed E-state index contributed by atoms with van der Waals surface area (Å²) < 4.78 is 50.1. The molecule has 0 aliphatic rings. The number of hydrogen-bond acceptors (Lipinski definition) is 11. The maximum Gasteiger partial charge on any atom is 0.500 e. The molecule has 14 heteroatoms. The van der Waals surface area contributed by atoms with Gasteiger partial charge in [-0.15, -0.1) is 0 Å². The summed E-state index contributed by atoms with van der Waals surface area (Å²) in [5.41, 5.74) is 0. The monoisotopic (exact) mass is 560 g/mol. The van der Waals surface area contributed by atoms with Gasteiger partial charge in [-0.3, -0.25) is 0 Å². The highest BCUT2D eigenvalue weighted by Crippen LogP contribution is 2.18. The van der Waals surface area contributed by atoms with Crippen LogP contribution in [-0.2, 0) is 39.8 Å². The van der Waals surface area contributed by atoms with Gasteiger partial charge in [-0.2, -0.15) is 0 Å². The second-order valence-corrected chi connectivity index (χ2v) is 17.6. The number of likely N-dealkylation sites (N-methyl/N-ethyl adjacent to an activating group) is 1. The van der Waals surface area contributed by atoms with Crippen molar-refractivity contribution in [1.82, 2.24) is 9.80 Å². The molecule has 11 nitrogen and oxygen atoms in total. The fraction of sp³-hybridized carbons (Fsp3) is 1.00. The van der Waals surface area contributed by atoms with Crippen molar-refractivity contribution in [1.29, 1.82) is 0 Å². The highest BCUT2D eigenvalue weighted by atomic mass is 28.4. The van der Waals surface area contributed by atoms with E-state index >= 15 is 0 Å². The fourth-order valence-electron chi connectivity index (χ4n) is 4.03. The predicted molar refractivity (Wildman–Crippen MR) is 143 cm³/mol. The van der Waals surface area contributed by atoms with E-state index in [1.807, 2.05) is 0 Å². The van der Waals surface area contributed by atoms with Gasteiger partial charge in [-0.25, -0.2) is 0 Å². The fourth-order valence-corrected chi connectivity index (χ4v) is 9.14. The summed E-state index contributed by atoms with van der Waals surface area (Å²) in [5, 5.41) is 0. The summed E-state index contributed by atoms with van der Waals surface area (Å²) in [4.78, 5) is 4.81. The lowest BCUT2D eigenvalue weighted by molar-refractivity contribution is 0.117. The molecule has 0 atom stereocenters. The summed E-state index contributed by atoms with van der Waals surface area (Å²) in [6.07, 6.45) is 2.80. The van der Waals surface area contributed by atoms with Crippen LogP contribution in [0.15, 0.2) is 0 Å². The van der Waals surface area contributed by atoms with Gasteiger partial charge in [-0.05, 0) is 45.9 Å². The van der Waals surface area contributed by atoms with Crippen LogP contribution >= 0.6 is 0 Å². The zero-order valence-corrected chi connectivity index (χ0v) is 26.8. The van der Waals surface area contributed by atoms with E-state index in [9.17, 15) is 0 Å². The first-order valence-electron chi connectivity index (χ1n) is 12.1. The first-order chi connectivity index (χ1) is 16.7. The van der Waals surface area contributed by atoms with Crippen molar-refractivity contribution in [2.45, 2.75) is 37.4 Å². The van der Waals surface area contributed by atoms with Gasteiger partial charge in [0.15, 0.2) is 0 Å². The van der Waals surface area contributed by atoms with Crippen LogP contribution in [0.4, 0.5) is 0 Å². The second kappa shape index (κ2) is 19.3. The SMILES string of the molecule is CO[Si](CCCN(C)CCN(CCC[Si](OC)(OC)OC)CCC[Si](OC)(OC)OC)(OC)OC. The van der Waals surface area contributed by atoms with Crippen molar-refractivity contribution in [2.24, 2.45) is 0 Å². The van der Waals surface area contributed by atoms with E-state index in [4.69, 9.17) is 39.8 Å². The van der Waals surface area contributed by atoms with Gasteiger partial charge in [-0.1, -0.05) is 0 Å². The smallest absolute Gasteiger partial charge is 0.377 e. The quantitative estimate of drug-likeness (QED) is 0.162. The molecule has 0 spiro atoms. The van der Waals surface area contributed by atoms with Crippen LogP contribution in [0.1, 0.15) is 19.3 Å². The molecule has 0 saturated carbocycles. The van der Waals surface area contributed by atoms with Crippen molar-refractivity contribution in [3.63, 3.8) is 0 Å². The zero-order chi connectivity index (χ0) is 26.8. The Kier molecular flexibility index (Phi) is 19.4. The highest BCUT2D eigenvalue weighted by Gasteiger charge is 2.39. The zero-order valence-electron chi connectivity index (χ0n) is 23.8. The van der Waals surface area contributed by atoms with Gasteiger partial charge in [0, 0.05) is 95.2 Å². The molecule has 0 saturated heterocycles. The van der Waals surface area contributed by atoms with E-state index in [1.165, 1.54) is 0 Å². The Morgan fingerprint density at radius 1 is 0.400 bits per heavy atom. The molecular formula is C21H52N2O9Si3. The first kappa shape index (κ1) is 35.2. The average Bonchev–Trinajstić information content (AvgIpc) is 2.90. The van der Waals surface area contributed by atoms with Crippen molar-refractivity contribution in [3.8, 4) is 0 Å². The van der Waals surface area contributed by atoms with Crippen LogP contribution in [0, 0.1) is 0 Å². The normalized spacial score (nSPS) is 13.4. The van der Waals surface area contributed by atoms with Gasteiger partial charge in [0.2, 0.25) is 0 Å². The molecule has 0 fully saturated rings. The van der Waals surface area contributed by atoms with Crippen LogP contribution in [0.25, 0.3) is 0 Å². The van der Waals surface area contributed by atoms with Crippen LogP contribution in [-0.4, -0.2) is 140 Å². The maximum absolute atomic E-state index is 5.58. The highest BCUT2D eigenvalue weighted by molar-refractivity contribution is 6.61. The van der Waals surface area contributed by atoms with Gasteiger partial charge in [0.25, 0.3) is 0 Å². The molecule has 0 heterocycles. The minimum atomic E-state index is -2.58. The molecule has 0 aliphatic carbocycles. The molecule has 0 bridgehead atoms. The predicted octanol–water partition coefficient (Wildman–Crippen LogP) is 2.02. The molecule has 0 aliphatic heterocycles.